The van der Waals surface area contributed by atoms with Crippen LogP contribution < -0.4 is 0 Å². The fraction of sp³-hybridized carbons (Fsp3) is 0.267. The number of aliphatic hydroxyl groups is 1. The summed E-state index contributed by atoms with van der Waals surface area (Å²) in [7, 11) is 0. The summed E-state index contributed by atoms with van der Waals surface area (Å²) in [6.07, 6.45) is 4.23. The van der Waals surface area contributed by atoms with Crippen LogP contribution in [0, 0.1) is 0 Å². The molecule has 0 fully saturated rings. The van der Waals surface area contributed by atoms with E-state index in [4.69, 9.17) is 5.11 Å². The number of aliphatic hydroxyl groups excluding tert-OH is 1. The maximum Gasteiger partial charge on any atom is 0.162 e. The van der Waals surface area contributed by atoms with Gasteiger partial charge in [-0.1, -0.05) is 13.0 Å². The molecule has 4 nitrogen and oxygen atoms in total. The predicted molar refractivity (Wildman–Crippen MR) is 74.8 cm³/mol. The van der Waals surface area contributed by atoms with Crippen molar-refractivity contribution in [2.24, 2.45) is 0 Å². The van der Waals surface area contributed by atoms with Gasteiger partial charge in [-0.2, -0.15) is 0 Å². The second-order valence-corrected chi connectivity index (χ2v) is 3.89. The van der Waals surface area contributed by atoms with Gasteiger partial charge in [-0.05, 0) is 37.6 Å². The lowest BCUT2D eigenvalue weighted by Crippen LogP contribution is -1.98. The molecule has 2 aromatic heterocycles. The number of pyridine rings is 2. The molecule has 0 unspecified atom stereocenters. The van der Waals surface area contributed by atoms with Gasteiger partial charge in [-0.15, -0.1) is 0 Å². The van der Waals surface area contributed by atoms with Crippen LogP contribution in [-0.4, -0.2) is 27.5 Å². The molecule has 0 atom stereocenters. The van der Waals surface area contributed by atoms with Crippen molar-refractivity contribution in [3.63, 3.8) is 0 Å². The molecule has 0 bridgehead atoms. The third kappa shape index (κ3) is 4.60. The zero-order valence-corrected chi connectivity index (χ0v) is 11.2. The summed E-state index contributed by atoms with van der Waals surface area (Å²) < 4.78 is 0. The Morgan fingerprint density at radius 3 is 2.37 bits per heavy atom. The van der Waals surface area contributed by atoms with Crippen LogP contribution in [0.2, 0.25) is 0 Å². The highest BCUT2D eigenvalue weighted by atomic mass is 16.2. The van der Waals surface area contributed by atoms with Crippen molar-refractivity contribution >= 4 is 5.78 Å². The Bertz CT molecular complexity index is 511. The number of hydrogen-bond donors (Lipinski definition) is 1. The minimum atomic E-state index is 0.00348. The molecule has 0 aliphatic heterocycles. The van der Waals surface area contributed by atoms with Crippen LogP contribution in [-0.2, 0) is 0 Å². The maximum absolute atomic E-state index is 11.4. The number of Topliss-reactive ketones (excluding diaryl/α,β-unsaturated/α-hetero) is 1. The van der Waals surface area contributed by atoms with E-state index < -0.39 is 0 Å². The molecule has 2 aromatic rings. The van der Waals surface area contributed by atoms with Gasteiger partial charge < -0.3 is 5.11 Å². The Morgan fingerprint density at radius 1 is 1.16 bits per heavy atom. The average molecular weight is 258 g/mol. The van der Waals surface area contributed by atoms with Crippen molar-refractivity contribution in [1.29, 1.82) is 0 Å². The molecular formula is C15H18N2O2. The molecule has 0 radical (unpaired) electrons. The zero-order valence-electron chi connectivity index (χ0n) is 11.2. The number of carbonyl (C=O) groups excluding carboxylic acids is 1. The number of rotatable bonds is 3. The van der Waals surface area contributed by atoms with Crippen LogP contribution >= 0.6 is 0 Å². The Labute approximate surface area is 113 Å². The number of ketones is 1. The van der Waals surface area contributed by atoms with E-state index in [0.717, 1.165) is 12.1 Å². The maximum atomic E-state index is 11.4. The summed E-state index contributed by atoms with van der Waals surface area (Å²) in [6, 6.07) is 9.07. The normalized spacial score (nSPS) is 9.42. The van der Waals surface area contributed by atoms with E-state index in [1.165, 1.54) is 6.92 Å². The van der Waals surface area contributed by atoms with E-state index in [-0.39, 0.29) is 5.78 Å². The second kappa shape index (κ2) is 8.11. The zero-order chi connectivity index (χ0) is 14.1. The molecular weight excluding hydrogens is 240 g/mol. The summed E-state index contributed by atoms with van der Waals surface area (Å²) in [6.45, 7) is 3.78. The van der Waals surface area contributed by atoms with E-state index >= 15 is 0 Å². The highest BCUT2D eigenvalue weighted by Crippen LogP contribution is 2.18. The van der Waals surface area contributed by atoms with Crippen molar-refractivity contribution in [1.82, 2.24) is 9.97 Å². The third-order valence-electron chi connectivity index (χ3n) is 2.32. The van der Waals surface area contributed by atoms with Crippen molar-refractivity contribution in [2.45, 2.75) is 20.3 Å². The average Bonchev–Trinajstić information content (AvgIpc) is 2.48. The lowest BCUT2D eigenvalue weighted by molar-refractivity contribution is 0.101. The van der Waals surface area contributed by atoms with E-state index in [2.05, 4.69) is 9.97 Å². The van der Waals surface area contributed by atoms with Gasteiger partial charge in [0.15, 0.2) is 5.78 Å². The van der Waals surface area contributed by atoms with E-state index in [9.17, 15) is 4.79 Å². The highest BCUT2D eigenvalue weighted by Gasteiger charge is 2.09. The first kappa shape index (κ1) is 15.0. The van der Waals surface area contributed by atoms with Gasteiger partial charge in [0.25, 0.3) is 0 Å². The molecule has 100 valence electrons. The smallest absolute Gasteiger partial charge is 0.162 e. The third-order valence-corrected chi connectivity index (χ3v) is 2.32. The Kier molecular flexibility index (Phi) is 6.39. The van der Waals surface area contributed by atoms with Crippen LogP contribution in [0.25, 0.3) is 11.4 Å². The number of carbonyl (C=O) groups is 1. The summed E-state index contributed by atoms with van der Waals surface area (Å²) in [4.78, 5) is 19.7. The van der Waals surface area contributed by atoms with Gasteiger partial charge in [0, 0.05) is 24.6 Å². The summed E-state index contributed by atoms with van der Waals surface area (Å²) in [5, 5.41) is 7.88. The lowest BCUT2D eigenvalue weighted by atomic mass is 10.1. The fourth-order valence-electron chi connectivity index (χ4n) is 1.40. The Hall–Kier alpha value is -2.07. The first-order chi connectivity index (χ1) is 9.20. The second-order valence-electron chi connectivity index (χ2n) is 3.89. The molecule has 19 heavy (non-hydrogen) atoms. The molecule has 2 heterocycles. The SMILES string of the molecule is CC(=O)c1cccnc1-c1ccccn1.CCCO. The van der Waals surface area contributed by atoms with Gasteiger partial charge in [0.05, 0.1) is 11.4 Å². The van der Waals surface area contributed by atoms with Crippen molar-refractivity contribution in [2.75, 3.05) is 6.61 Å². The molecule has 0 saturated carbocycles. The lowest BCUT2D eigenvalue weighted by Gasteiger charge is -2.03. The highest BCUT2D eigenvalue weighted by molar-refractivity contribution is 5.99. The molecule has 0 aliphatic carbocycles. The topological polar surface area (TPSA) is 63.1 Å². The van der Waals surface area contributed by atoms with Crippen LogP contribution in [0.5, 0.6) is 0 Å². The van der Waals surface area contributed by atoms with E-state index in [0.29, 0.717) is 17.9 Å². The first-order valence-electron chi connectivity index (χ1n) is 6.19. The number of aromatic nitrogens is 2. The van der Waals surface area contributed by atoms with Gasteiger partial charge in [0.1, 0.15) is 0 Å². The standard InChI is InChI=1S/C12H10N2O.C3H8O/c1-9(15)10-5-4-8-14-12(10)11-6-2-3-7-13-11;1-2-3-4/h2-8H,1H3;4H,2-3H2,1H3. The molecule has 4 heteroatoms. The Morgan fingerprint density at radius 2 is 1.84 bits per heavy atom. The number of hydrogen-bond acceptors (Lipinski definition) is 4. The molecule has 0 aliphatic rings. The molecule has 1 N–H and O–H groups in total. The quantitative estimate of drug-likeness (QED) is 0.860. The van der Waals surface area contributed by atoms with Crippen LogP contribution in [0.4, 0.5) is 0 Å². The molecule has 0 spiro atoms. The largest absolute Gasteiger partial charge is 0.396 e. The van der Waals surface area contributed by atoms with Gasteiger partial charge in [-0.25, -0.2) is 0 Å². The monoisotopic (exact) mass is 258 g/mol. The summed E-state index contributed by atoms with van der Waals surface area (Å²) in [5.74, 6) is 0.00348. The van der Waals surface area contributed by atoms with Crippen molar-refractivity contribution < 1.29 is 9.90 Å². The minimum absolute atomic E-state index is 0.00348. The van der Waals surface area contributed by atoms with Crippen molar-refractivity contribution in [3.05, 3.63) is 48.3 Å². The molecule has 0 aromatic carbocycles. The van der Waals surface area contributed by atoms with Crippen molar-refractivity contribution in [3.8, 4) is 11.4 Å². The summed E-state index contributed by atoms with van der Waals surface area (Å²) in [5.41, 5.74) is 1.98. The molecule has 2 rings (SSSR count). The Balaban J connectivity index is 0.000000399. The van der Waals surface area contributed by atoms with Gasteiger partial charge in [-0.3, -0.25) is 14.8 Å². The fourth-order valence-corrected chi connectivity index (χ4v) is 1.40. The first-order valence-corrected chi connectivity index (χ1v) is 6.19. The van der Waals surface area contributed by atoms with Gasteiger partial charge >= 0.3 is 0 Å². The summed E-state index contributed by atoms with van der Waals surface area (Å²) >= 11 is 0. The predicted octanol–water partition coefficient (Wildman–Crippen LogP) is 2.73. The van der Waals surface area contributed by atoms with Crippen LogP contribution in [0.1, 0.15) is 30.6 Å². The van der Waals surface area contributed by atoms with E-state index in [1.807, 2.05) is 25.1 Å². The van der Waals surface area contributed by atoms with Crippen LogP contribution in [0.15, 0.2) is 42.7 Å². The number of nitrogens with zero attached hydrogens (tertiary/aromatic N) is 2. The molecule has 0 saturated heterocycles. The van der Waals surface area contributed by atoms with E-state index in [1.54, 1.807) is 24.5 Å². The van der Waals surface area contributed by atoms with Crippen LogP contribution in [0.3, 0.4) is 0 Å². The minimum Gasteiger partial charge on any atom is -0.396 e. The molecule has 0 amide bonds. The van der Waals surface area contributed by atoms with Gasteiger partial charge in [0.2, 0.25) is 0 Å².